The lowest BCUT2D eigenvalue weighted by atomic mass is 10.1. The molecule has 0 aromatic heterocycles. The molecule has 3 heteroatoms. The molecule has 0 spiro atoms. The molecule has 0 bridgehead atoms. The molecule has 1 amide bonds. The molecule has 0 fully saturated rings. The van der Waals surface area contributed by atoms with E-state index in [4.69, 9.17) is 0 Å². The van der Waals surface area contributed by atoms with Crippen LogP contribution in [0.2, 0.25) is 0 Å². The molecule has 132 valence electrons. The second kappa shape index (κ2) is 16.5. The summed E-state index contributed by atoms with van der Waals surface area (Å²) in [5, 5.41) is 0. The summed E-state index contributed by atoms with van der Waals surface area (Å²) >= 11 is 0. The first-order chi connectivity index (χ1) is 10.4. The highest BCUT2D eigenvalue weighted by Crippen LogP contribution is 2.11. The predicted octanol–water partition coefficient (Wildman–Crippen LogP) is 4.66. The lowest BCUT2D eigenvalue weighted by Gasteiger charge is -2.28. The molecular formula is C19H41N2O+. The Labute approximate surface area is 139 Å². The molecule has 0 atom stereocenters. The van der Waals surface area contributed by atoms with Crippen LogP contribution in [0.1, 0.15) is 78.1 Å². The molecule has 3 nitrogen and oxygen atoms in total. The van der Waals surface area contributed by atoms with E-state index in [2.05, 4.69) is 40.3 Å². The van der Waals surface area contributed by atoms with Crippen molar-refractivity contribution >= 4 is 5.91 Å². The van der Waals surface area contributed by atoms with Crippen LogP contribution in [0.3, 0.4) is 0 Å². The summed E-state index contributed by atoms with van der Waals surface area (Å²) in [4.78, 5) is 9.47. The molecule has 0 aromatic rings. The summed E-state index contributed by atoms with van der Waals surface area (Å²) in [6.45, 7) is 10.3. The zero-order valence-electron chi connectivity index (χ0n) is 15.7. The third-order valence-electron chi connectivity index (χ3n) is 4.17. The van der Waals surface area contributed by atoms with Crippen LogP contribution in [0, 0.1) is 0 Å². The number of quaternary nitrogens is 1. The zero-order chi connectivity index (χ0) is 17.3. The van der Waals surface area contributed by atoms with Crippen LogP contribution in [0.4, 0.5) is 0 Å². The number of carbonyl (C=O) groups excluding carboxylic acids is 1. The molecule has 22 heavy (non-hydrogen) atoms. The Kier molecular flexibility index (Phi) is 17.6. The fourth-order valence-electron chi connectivity index (χ4n) is 2.19. The number of nitrogens with zero attached hydrogens (tertiary/aromatic N) is 1. The number of nitrogens with two attached hydrogens (primary N) is 1. The minimum absolute atomic E-state index is 0.481. The summed E-state index contributed by atoms with van der Waals surface area (Å²) in [6.07, 6.45) is 15.5. The van der Waals surface area contributed by atoms with Crippen molar-refractivity contribution in [2.75, 3.05) is 27.2 Å². The van der Waals surface area contributed by atoms with E-state index in [1.54, 1.807) is 0 Å². The number of hydrogen-bond donors (Lipinski definition) is 1. The van der Waals surface area contributed by atoms with Gasteiger partial charge >= 0.3 is 0 Å². The minimum atomic E-state index is -0.481. The summed E-state index contributed by atoms with van der Waals surface area (Å²) in [6, 6.07) is 0. The summed E-state index contributed by atoms with van der Waals surface area (Å²) in [7, 11) is 4.68. The Balaban J connectivity index is 0. The molecule has 0 aliphatic heterocycles. The Morgan fingerprint density at radius 1 is 0.909 bits per heavy atom. The van der Waals surface area contributed by atoms with Crippen LogP contribution >= 0.6 is 0 Å². The highest BCUT2D eigenvalue weighted by Gasteiger charge is 2.09. The SMILES string of the molecule is C=CC(N)=O.CCCCCCCCCCCC[N+](C)(C)CC. The number of amides is 1. The summed E-state index contributed by atoms with van der Waals surface area (Å²) in [5.74, 6) is -0.481. The van der Waals surface area contributed by atoms with Crippen LogP contribution in [-0.2, 0) is 4.79 Å². The van der Waals surface area contributed by atoms with Gasteiger partial charge in [0, 0.05) is 0 Å². The molecule has 0 saturated heterocycles. The van der Waals surface area contributed by atoms with Gasteiger partial charge in [-0.15, -0.1) is 0 Å². The lowest BCUT2D eigenvalue weighted by molar-refractivity contribution is -0.888. The highest BCUT2D eigenvalue weighted by molar-refractivity contribution is 5.84. The smallest absolute Gasteiger partial charge is 0.240 e. The van der Waals surface area contributed by atoms with Crippen molar-refractivity contribution in [3.63, 3.8) is 0 Å². The van der Waals surface area contributed by atoms with Crippen molar-refractivity contribution in [1.82, 2.24) is 0 Å². The van der Waals surface area contributed by atoms with Gasteiger partial charge < -0.3 is 10.2 Å². The van der Waals surface area contributed by atoms with Crippen LogP contribution in [-0.4, -0.2) is 37.6 Å². The zero-order valence-corrected chi connectivity index (χ0v) is 15.7. The van der Waals surface area contributed by atoms with E-state index in [1.807, 2.05) is 0 Å². The fraction of sp³-hybridized carbons (Fsp3) is 0.842. The molecule has 0 radical (unpaired) electrons. The molecule has 0 rings (SSSR count). The quantitative estimate of drug-likeness (QED) is 0.300. The number of unbranched alkanes of at least 4 members (excludes halogenated alkanes) is 9. The number of carbonyl (C=O) groups is 1. The second-order valence-electron chi connectivity index (χ2n) is 6.76. The molecule has 0 aliphatic carbocycles. The third-order valence-corrected chi connectivity index (χ3v) is 4.17. The van der Waals surface area contributed by atoms with E-state index in [1.165, 1.54) is 81.8 Å². The van der Waals surface area contributed by atoms with E-state index in [0.717, 1.165) is 6.08 Å². The van der Waals surface area contributed by atoms with Gasteiger partial charge in [-0.25, -0.2) is 0 Å². The van der Waals surface area contributed by atoms with Crippen molar-refractivity contribution in [3.8, 4) is 0 Å². The Morgan fingerprint density at radius 3 is 1.59 bits per heavy atom. The van der Waals surface area contributed by atoms with Crippen LogP contribution in [0.25, 0.3) is 0 Å². The van der Waals surface area contributed by atoms with Crippen LogP contribution in [0.5, 0.6) is 0 Å². The van der Waals surface area contributed by atoms with Gasteiger partial charge in [-0.3, -0.25) is 4.79 Å². The first-order valence-corrected chi connectivity index (χ1v) is 9.13. The Morgan fingerprint density at radius 2 is 1.27 bits per heavy atom. The van der Waals surface area contributed by atoms with Gasteiger partial charge in [0.05, 0.1) is 27.2 Å². The largest absolute Gasteiger partial charge is 0.366 e. The molecule has 0 saturated carbocycles. The minimum Gasteiger partial charge on any atom is -0.366 e. The van der Waals surface area contributed by atoms with Gasteiger partial charge in [-0.2, -0.15) is 0 Å². The van der Waals surface area contributed by atoms with Crippen molar-refractivity contribution in [3.05, 3.63) is 12.7 Å². The van der Waals surface area contributed by atoms with Crippen LogP contribution in [0.15, 0.2) is 12.7 Å². The highest BCUT2D eigenvalue weighted by atomic mass is 16.1. The van der Waals surface area contributed by atoms with E-state index >= 15 is 0 Å². The standard InChI is InChI=1S/C16H36N.C3H5NO/c1-5-7-8-9-10-11-12-13-14-15-16-17(3,4)6-2;1-2-3(4)5/h5-16H2,1-4H3;2H,1H2,(H2,4,5)/q+1;. The molecule has 0 aliphatic rings. The maximum Gasteiger partial charge on any atom is 0.240 e. The van der Waals surface area contributed by atoms with E-state index in [9.17, 15) is 4.79 Å². The molecule has 0 unspecified atom stereocenters. The van der Waals surface area contributed by atoms with E-state index in [0.29, 0.717) is 0 Å². The fourth-order valence-corrected chi connectivity index (χ4v) is 2.19. The van der Waals surface area contributed by atoms with Gasteiger partial charge in [0.15, 0.2) is 0 Å². The number of hydrogen-bond acceptors (Lipinski definition) is 1. The average molecular weight is 314 g/mol. The lowest BCUT2D eigenvalue weighted by Crippen LogP contribution is -2.39. The van der Waals surface area contributed by atoms with Gasteiger partial charge in [-0.1, -0.05) is 64.9 Å². The van der Waals surface area contributed by atoms with Gasteiger partial charge in [0.25, 0.3) is 0 Å². The molecular weight excluding hydrogens is 272 g/mol. The van der Waals surface area contributed by atoms with Gasteiger partial charge in [0.2, 0.25) is 5.91 Å². The topological polar surface area (TPSA) is 43.1 Å². The van der Waals surface area contributed by atoms with Crippen LogP contribution < -0.4 is 5.73 Å². The van der Waals surface area contributed by atoms with Gasteiger partial charge in [0.1, 0.15) is 0 Å². The molecule has 0 aromatic carbocycles. The second-order valence-corrected chi connectivity index (χ2v) is 6.76. The maximum absolute atomic E-state index is 9.47. The normalized spacial score (nSPS) is 10.7. The van der Waals surface area contributed by atoms with Crippen molar-refractivity contribution in [1.29, 1.82) is 0 Å². The van der Waals surface area contributed by atoms with Gasteiger partial charge in [-0.05, 0) is 25.8 Å². The first kappa shape index (κ1) is 23.4. The number of rotatable bonds is 13. The Hall–Kier alpha value is -0.830. The van der Waals surface area contributed by atoms with E-state index in [-0.39, 0.29) is 0 Å². The van der Waals surface area contributed by atoms with Crippen molar-refractivity contribution in [2.24, 2.45) is 5.73 Å². The van der Waals surface area contributed by atoms with Crippen molar-refractivity contribution < 1.29 is 9.28 Å². The number of primary amides is 1. The maximum atomic E-state index is 9.47. The summed E-state index contributed by atoms with van der Waals surface area (Å²) in [5.41, 5.74) is 4.53. The third kappa shape index (κ3) is 21.5. The first-order valence-electron chi connectivity index (χ1n) is 9.13. The molecule has 0 heterocycles. The van der Waals surface area contributed by atoms with Crippen molar-refractivity contribution in [2.45, 2.75) is 78.1 Å². The monoisotopic (exact) mass is 313 g/mol. The predicted molar refractivity (Wildman–Crippen MR) is 98.8 cm³/mol. The Bertz CT molecular complexity index is 262. The average Bonchev–Trinajstić information content (AvgIpc) is 2.49. The van der Waals surface area contributed by atoms with E-state index < -0.39 is 5.91 Å². The molecule has 2 N–H and O–H groups in total. The summed E-state index contributed by atoms with van der Waals surface area (Å²) < 4.78 is 1.19.